The maximum absolute atomic E-state index is 11.0. The topological polar surface area (TPSA) is 93.1 Å². The van der Waals surface area contributed by atoms with Gasteiger partial charge in [0.05, 0.1) is 6.20 Å². The average Bonchev–Trinajstić information content (AvgIpc) is 2.99. The number of aromatic nitrogens is 4. The number of piperidine rings is 3. The minimum Gasteiger partial charge on any atom is -0.399 e. The highest BCUT2D eigenvalue weighted by Gasteiger charge is 2.48. The predicted molar refractivity (Wildman–Crippen MR) is 76.6 cm³/mol. The zero-order chi connectivity index (χ0) is 14.4. The molecule has 3 N–H and O–H groups in total. The first-order chi connectivity index (χ1) is 10.1. The number of rotatable bonds is 2. The molecule has 2 aromatic heterocycles. The van der Waals surface area contributed by atoms with Crippen LogP contribution in [0.4, 0.5) is 5.69 Å². The van der Waals surface area contributed by atoms with Crippen LogP contribution in [-0.2, 0) is 5.60 Å². The lowest BCUT2D eigenvalue weighted by Gasteiger charge is -2.49. The van der Waals surface area contributed by atoms with E-state index in [1.54, 1.807) is 29.2 Å². The second-order valence-electron chi connectivity index (χ2n) is 5.97. The zero-order valence-electron chi connectivity index (χ0n) is 11.7. The van der Waals surface area contributed by atoms with Gasteiger partial charge in [0.2, 0.25) is 0 Å². The maximum Gasteiger partial charge on any atom is 0.157 e. The summed E-state index contributed by atoms with van der Waals surface area (Å²) in [6.45, 7) is 2.77. The highest BCUT2D eigenvalue weighted by atomic mass is 16.3. The van der Waals surface area contributed by atoms with Gasteiger partial charge in [0.15, 0.2) is 5.82 Å². The third-order valence-corrected chi connectivity index (χ3v) is 4.67. The van der Waals surface area contributed by atoms with E-state index < -0.39 is 5.60 Å². The Kier molecular flexibility index (Phi) is 2.73. The van der Waals surface area contributed by atoms with Crippen molar-refractivity contribution in [3.8, 4) is 5.82 Å². The van der Waals surface area contributed by atoms with E-state index in [-0.39, 0.29) is 5.92 Å². The molecule has 1 unspecified atom stereocenters. The molecule has 0 aromatic carbocycles. The van der Waals surface area contributed by atoms with Gasteiger partial charge in [-0.25, -0.2) is 9.67 Å². The van der Waals surface area contributed by atoms with Crippen LogP contribution in [0.2, 0.25) is 0 Å². The van der Waals surface area contributed by atoms with Gasteiger partial charge in [-0.05, 0) is 37.9 Å². The van der Waals surface area contributed by atoms with Crippen molar-refractivity contribution in [2.24, 2.45) is 5.92 Å². The molecule has 2 aromatic rings. The standard InChI is InChI=1S/C14H18N6O/c15-11-1-4-16-13(7-11)20-8-12(17-18-20)14(21)9-19-5-2-10(14)3-6-19/h1,4,7-8,10,21H,2-3,5-6,9H2,(H2,15,16). The number of nitrogens with two attached hydrogens (primary N) is 1. The highest BCUT2D eigenvalue weighted by Crippen LogP contribution is 2.41. The number of hydrogen-bond donors (Lipinski definition) is 2. The minimum atomic E-state index is -0.894. The van der Waals surface area contributed by atoms with Crippen LogP contribution in [0, 0.1) is 5.92 Å². The van der Waals surface area contributed by atoms with E-state index >= 15 is 0 Å². The molecule has 1 atom stereocenters. The number of hydrogen-bond acceptors (Lipinski definition) is 6. The first-order valence-electron chi connectivity index (χ1n) is 7.24. The lowest BCUT2D eigenvalue weighted by molar-refractivity contribution is -0.120. The molecule has 3 aliphatic rings. The van der Waals surface area contributed by atoms with Crippen LogP contribution >= 0.6 is 0 Å². The fourth-order valence-electron chi connectivity index (χ4n) is 3.46. The first kappa shape index (κ1) is 12.7. The van der Waals surface area contributed by atoms with Crippen molar-refractivity contribution in [2.75, 3.05) is 25.4 Å². The number of nitrogens with zero attached hydrogens (tertiary/aromatic N) is 5. The summed E-state index contributed by atoms with van der Waals surface area (Å²) in [5, 5.41) is 19.3. The Hall–Kier alpha value is -1.99. The molecule has 21 heavy (non-hydrogen) atoms. The van der Waals surface area contributed by atoms with E-state index in [0.717, 1.165) is 25.9 Å². The van der Waals surface area contributed by atoms with E-state index in [1.165, 1.54) is 0 Å². The molecule has 0 radical (unpaired) electrons. The average molecular weight is 286 g/mol. The van der Waals surface area contributed by atoms with Crippen molar-refractivity contribution in [3.63, 3.8) is 0 Å². The van der Waals surface area contributed by atoms with Gasteiger partial charge < -0.3 is 15.7 Å². The van der Waals surface area contributed by atoms with Crippen LogP contribution in [0.1, 0.15) is 18.5 Å². The van der Waals surface area contributed by atoms with Crippen LogP contribution < -0.4 is 5.73 Å². The van der Waals surface area contributed by atoms with Gasteiger partial charge in [-0.3, -0.25) is 0 Å². The van der Waals surface area contributed by atoms with Gasteiger partial charge in [0, 0.05) is 24.5 Å². The Morgan fingerprint density at radius 3 is 2.81 bits per heavy atom. The molecule has 5 heterocycles. The van der Waals surface area contributed by atoms with Crippen LogP contribution in [0.25, 0.3) is 5.82 Å². The van der Waals surface area contributed by atoms with Crippen molar-refractivity contribution < 1.29 is 5.11 Å². The molecule has 0 spiro atoms. The predicted octanol–water partition coefficient (Wildman–Crippen LogP) is 0.158. The summed E-state index contributed by atoms with van der Waals surface area (Å²) in [6, 6.07) is 3.46. The smallest absolute Gasteiger partial charge is 0.157 e. The van der Waals surface area contributed by atoms with Crippen LogP contribution in [-0.4, -0.2) is 49.6 Å². The largest absolute Gasteiger partial charge is 0.399 e. The zero-order valence-corrected chi connectivity index (χ0v) is 11.7. The Morgan fingerprint density at radius 1 is 1.33 bits per heavy atom. The SMILES string of the molecule is Nc1ccnc(-n2cc(C3(O)CN4CCC3CC4)nn2)c1. The molecular formula is C14H18N6O. The van der Waals surface area contributed by atoms with Crippen molar-refractivity contribution in [1.29, 1.82) is 0 Å². The summed E-state index contributed by atoms with van der Waals surface area (Å²) in [7, 11) is 0. The second kappa shape index (κ2) is 4.51. The van der Waals surface area contributed by atoms with Gasteiger partial charge in [0.25, 0.3) is 0 Å². The second-order valence-corrected chi connectivity index (χ2v) is 5.97. The van der Waals surface area contributed by atoms with Gasteiger partial charge in [-0.15, -0.1) is 5.10 Å². The molecule has 2 bridgehead atoms. The number of pyridine rings is 1. The van der Waals surface area contributed by atoms with Crippen molar-refractivity contribution in [3.05, 3.63) is 30.2 Å². The van der Waals surface area contributed by atoms with E-state index in [4.69, 9.17) is 5.73 Å². The quantitative estimate of drug-likeness (QED) is 0.817. The van der Waals surface area contributed by atoms with Crippen molar-refractivity contribution in [2.45, 2.75) is 18.4 Å². The number of nitrogen functional groups attached to an aromatic ring is 1. The molecule has 3 aliphatic heterocycles. The fourth-order valence-corrected chi connectivity index (χ4v) is 3.46. The maximum atomic E-state index is 11.0. The molecule has 7 nitrogen and oxygen atoms in total. The van der Waals surface area contributed by atoms with E-state index in [2.05, 4.69) is 20.2 Å². The van der Waals surface area contributed by atoms with E-state index in [0.29, 0.717) is 23.7 Å². The highest BCUT2D eigenvalue weighted by molar-refractivity contribution is 5.42. The summed E-state index contributed by atoms with van der Waals surface area (Å²) < 4.78 is 1.57. The number of anilines is 1. The van der Waals surface area contributed by atoms with Crippen molar-refractivity contribution in [1.82, 2.24) is 24.9 Å². The van der Waals surface area contributed by atoms with Crippen LogP contribution in [0.5, 0.6) is 0 Å². The molecule has 7 heteroatoms. The van der Waals surface area contributed by atoms with Gasteiger partial charge >= 0.3 is 0 Å². The lowest BCUT2D eigenvalue weighted by atomic mass is 9.74. The van der Waals surface area contributed by atoms with Gasteiger partial charge in [0.1, 0.15) is 11.3 Å². The van der Waals surface area contributed by atoms with E-state index in [9.17, 15) is 5.11 Å². The Labute approximate surface area is 122 Å². The monoisotopic (exact) mass is 286 g/mol. The molecule has 110 valence electrons. The third-order valence-electron chi connectivity index (χ3n) is 4.67. The number of fused-ring (bicyclic) bond motifs is 3. The third kappa shape index (κ3) is 2.00. The lowest BCUT2D eigenvalue weighted by Crippen LogP contribution is -2.57. The Balaban J connectivity index is 1.68. The molecule has 3 fully saturated rings. The summed E-state index contributed by atoms with van der Waals surface area (Å²) in [5.41, 5.74) is 6.12. The molecule has 3 saturated heterocycles. The molecule has 0 saturated carbocycles. The molecular weight excluding hydrogens is 268 g/mol. The van der Waals surface area contributed by atoms with Crippen molar-refractivity contribution >= 4 is 5.69 Å². The molecule has 0 amide bonds. The van der Waals surface area contributed by atoms with Gasteiger partial charge in [-0.2, -0.15) is 0 Å². The summed E-state index contributed by atoms with van der Waals surface area (Å²) in [4.78, 5) is 6.52. The first-order valence-corrected chi connectivity index (χ1v) is 7.24. The van der Waals surface area contributed by atoms with Crippen LogP contribution in [0.15, 0.2) is 24.5 Å². The van der Waals surface area contributed by atoms with Gasteiger partial charge in [-0.1, -0.05) is 5.21 Å². The minimum absolute atomic E-state index is 0.265. The Morgan fingerprint density at radius 2 is 2.14 bits per heavy atom. The number of aliphatic hydroxyl groups is 1. The van der Waals surface area contributed by atoms with E-state index in [1.807, 2.05) is 0 Å². The Bertz CT molecular complexity index is 663. The fraction of sp³-hybridized carbons (Fsp3) is 0.500. The summed E-state index contributed by atoms with van der Waals surface area (Å²) >= 11 is 0. The summed E-state index contributed by atoms with van der Waals surface area (Å²) in [5.74, 6) is 0.875. The van der Waals surface area contributed by atoms with Crippen LogP contribution in [0.3, 0.4) is 0 Å². The normalized spacial score (nSPS) is 31.5. The summed E-state index contributed by atoms with van der Waals surface area (Å²) in [6.07, 6.45) is 5.43. The molecule has 5 rings (SSSR count). The molecule has 0 aliphatic carbocycles.